The Hall–Kier alpha value is -1.51. The summed E-state index contributed by atoms with van der Waals surface area (Å²) in [6.07, 6.45) is 7.00. The van der Waals surface area contributed by atoms with Crippen LogP contribution in [0.3, 0.4) is 0 Å². The maximum Gasteiger partial charge on any atom is 0.223 e. The van der Waals surface area contributed by atoms with Crippen LogP contribution >= 0.6 is 0 Å². The summed E-state index contributed by atoms with van der Waals surface area (Å²) in [6, 6.07) is 6.64. The minimum atomic E-state index is -3.59. The fraction of sp³-hybridized carbons (Fsp3) is 0.696. The Balaban J connectivity index is 1.39. The van der Waals surface area contributed by atoms with Crippen molar-refractivity contribution in [1.82, 2.24) is 14.5 Å². The molecule has 1 N–H and O–H groups in total. The summed E-state index contributed by atoms with van der Waals surface area (Å²) in [5.74, 6) is -0.975. The van der Waals surface area contributed by atoms with Crippen molar-refractivity contribution in [3.05, 3.63) is 35.6 Å². The van der Waals surface area contributed by atoms with E-state index in [-0.39, 0.29) is 23.1 Å². The minimum absolute atomic E-state index is 0.0248. The number of likely N-dealkylation sites (tertiary alicyclic amines) is 1. The number of carbonyl (C=O) groups is 1. The molecule has 0 saturated carbocycles. The molecule has 0 bridgehead atoms. The molecule has 174 valence electrons. The van der Waals surface area contributed by atoms with Gasteiger partial charge in [-0.15, -0.1) is 0 Å². The predicted octanol–water partition coefficient (Wildman–Crippen LogP) is 3.14. The fourth-order valence-electron chi connectivity index (χ4n) is 4.75. The summed E-state index contributed by atoms with van der Waals surface area (Å²) < 4.78 is 40.5. The highest BCUT2D eigenvalue weighted by molar-refractivity contribution is 7.88. The van der Waals surface area contributed by atoms with Crippen LogP contribution in [0.15, 0.2) is 24.3 Å². The lowest BCUT2D eigenvalue weighted by atomic mass is 9.97. The molecule has 8 heteroatoms. The zero-order chi connectivity index (χ0) is 22.3. The van der Waals surface area contributed by atoms with Crippen LogP contribution in [-0.4, -0.2) is 62.3 Å². The zero-order valence-electron chi connectivity index (χ0n) is 18.6. The third-order valence-electron chi connectivity index (χ3n) is 6.66. The van der Waals surface area contributed by atoms with Crippen molar-refractivity contribution in [3.63, 3.8) is 0 Å². The second-order valence-electron chi connectivity index (χ2n) is 8.76. The number of rotatable bonds is 9. The van der Waals surface area contributed by atoms with Gasteiger partial charge < -0.3 is 10.2 Å². The van der Waals surface area contributed by atoms with Crippen LogP contribution in [0.1, 0.15) is 57.4 Å². The summed E-state index contributed by atoms with van der Waals surface area (Å²) in [5.41, 5.74) is 0.182. The second-order valence-corrected chi connectivity index (χ2v) is 10.7. The van der Waals surface area contributed by atoms with E-state index in [1.165, 1.54) is 42.1 Å². The molecule has 2 aliphatic heterocycles. The third-order valence-corrected chi connectivity index (χ3v) is 8.48. The molecule has 0 aromatic heterocycles. The first-order valence-corrected chi connectivity index (χ1v) is 13.2. The van der Waals surface area contributed by atoms with Gasteiger partial charge in [0, 0.05) is 43.7 Å². The molecule has 2 saturated heterocycles. The van der Waals surface area contributed by atoms with Crippen LogP contribution in [0.5, 0.6) is 0 Å². The second kappa shape index (κ2) is 11.4. The van der Waals surface area contributed by atoms with Crippen LogP contribution in [-0.2, 0) is 20.6 Å². The Morgan fingerprint density at radius 1 is 1.13 bits per heavy atom. The third kappa shape index (κ3) is 6.73. The first-order chi connectivity index (χ1) is 14.9. The number of hydrogen-bond donors (Lipinski definition) is 1. The number of piperidine rings is 2. The number of hydrogen-bond acceptors (Lipinski definition) is 4. The molecule has 2 heterocycles. The van der Waals surface area contributed by atoms with Gasteiger partial charge >= 0.3 is 0 Å². The van der Waals surface area contributed by atoms with Gasteiger partial charge in [-0.25, -0.2) is 17.1 Å². The summed E-state index contributed by atoms with van der Waals surface area (Å²) in [5, 5.41) is 3.04. The number of halogens is 1. The van der Waals surface area contributed by atoms with E-state index in [0.29, 0.717) is 38.5 Å². The monoisotopic (exact) mass is 453 g/mol. The Morgan fingerprint density at radius 2 is 1.87 bits per heavy atom. The Kier molecular flexibility index (Phi) is 8.86. The molecule has 2 fully saturated rings. The van der Waals surface area contributed by atoms with Crippen LogP contribution in [0, 0.1) is 11.7 Å². The lowest BCUT2D eigenvalue weighted by Gasteiger charge is -2.35. The molecule has 0 aliphatic carbocycles. The molecular formula is C23H36FN3O3S. The largest absolute Gasteiger partial charge is 0.356 e. The molecule has 1 aromatic carbocycles. The van der Waals surface area contributed by atoms with Gasteiger partial charge in [-0.05, 0) is 51.1 Å². The van der Waals surface area contributed by atoms with Gasteiger partial charge in [0.05, 0.1) is 5.75 Å². The van der Waals surface area contributed by atoms with Crippen molar-refractivity contribution in [3.8, 4) is 0 Å². The number of carbonyl (C=O) groups excluding carboxylic acids is 1. The summed E-state index contributed by atoms with van der Waals surface area (Å²) in [4.78, 5) is 15.1. The molecule has 2 aliphatic rings. The van der Waals surface area contributed by atoms with Gasteiger partial charge in [0.15, 0.2) is 0 Å². The van der Waals surface area contributed by atoms with Gasteiger partial charge in [0.1, 0.15) is 5.82 Å². The van der Waals surface area contributed by atoms with Crippen LogP contribution in [0.2, 0.25) is 0 Å². The lowest BCUT2D eigenvalue weighted by Crippen LogP contribution is -2.44. The van der Waals surface area contributed by atoms with E-state index in [0.717, 1.165) is 19.5 Å². The topological polar surface area (TPSA) is 69.7 Å². The fourth-order valence-corrected chi connectivity index (χ4v) is 6.33. The maximum absolute atomic E-state index is 13.8. The average Bonchev–Trinajstić information content (AvgIpc) is 2.78. The first-order valence-electron chi connectivity index (χ1n) is 11.6. The van der Waals surface area contributed by atoms with E-state index < -0.39 is 15.8 Å². The molecular weight excluding hydrogens is 417 g/mol. The zero-order valence-corrected chi connectivity index (χ0v) is 19.4. The van der Waals surface area contributed by atoms with E-state index in [1.54, 1.807) is 12.1 Å². The number of sulfonamides is 1. The molecule has 1 amide bonds. The maximum atomic E-state index is 13.8. The van der Waals surface area contributed by atoms with Gasteiger partial charge in [-0.1, -0.05) is 31.5 Å². The molecule has 0 radical (unpaired) electrons. The van der Waals surface area contributed by atoms with E-state index in [4.69, 9.17) is 0 Å². The van der Waals surface area contributed by atoms with Gasteiger partial charge in [-0.2, -0.15) is 0 Å². The van der Waals surface area contributed by atoms with E-state index in [2.05, 4.69) is 17.1 Å². The van der Waals surface area contributed by atoms with Crippen molar-refractivity contribution < 1.29 is 17.6 Å². The highest BCUT2D eigenvalue weighted by Crippen LogP contribution is 2.23. The van der Waals surface area contributed by atoms with Crippen molar-refractivity contribution in [2.75, 3.05) is 32.7 Å². The van der Waals surface area contributed by atoms with E-state index >= 15 is 0 Å². The van der Waals surface area contributed by atoms with Crippen molar-refractivity contribution in [2.45, 2.75) is 63.7 Å². The first kappa shape index (κ1) is 24.1. The smallest absolute Gasteiger partial charge is 0.223 e. The number of benzene rings is 1. The average molecular weight is 454 g/mol. The summed E-state index contributed by atoms with van der Waals surface area (Å²) >= 11 is 0. The molecule has 31 heavy (non-hydrogen) atoms. The standard InChI is InChI=1S/C23H36FN3O3S/c1-2-21-9-5-6-14-26(21)15-7-13-25-23(28)19-11-16-27(17-12-19)31(29,30)18-20-8-3-4-10-22(20)24/h3-4,8,10,19,21H,2,5-7,9,11-18H2,1H3,(H,25,28). The van der Waals surface area contributed by atoms with Gasteiger partial charge in [0.25, 0.3) is 0 Å². The van der Waals surface area contributed by atoms with Crippen molar-refractivity contribution in [2.24, 2.45) is 5.92 Å². The van der Waals surface area contributed by atoms with Crippen LogP contribution in [0.4, 0.5) is 4.39 Å². The summed E-state index contributed by atoms with van der Waals surface area (Å²) in [6.45, 7) is 5.70. The van der Waals surface area contributed by atoms with Gasteiger partial charge in [-0.3, -0.25) is 4.79 Å². The number of amides is 1. The lowest BCUT2D eigenvalue weighted by molar-refractivity contribution is -0.126. The Morgan fingerprint density at radius 3 is 2.58 bits per heavy atom. The normalized spacial score (nSPS) is 21.8. The van der Waals surface area contributed by atoms with Crippen LogP contribution < -0.4 is 5.32 Å². The molecule has 1 aromatic rings. The predicted molar refractivity (Wildman–Crippen MR) is 120 cm³/mol. The van der Waals surface area contributed by atoms with Crippen molar-refractivity contribution in [1.29, 1.82) is 0 Å². The number of nitrogens with one attached hydrogen (secondary N) is 1. The summed E-state index contributed by atoms with van der Waals surface area (Å²) in [7, 11) is -3.59. The SMILES string of the molecule is CCC1CCCCN1CCCNC(=O)C1CCN(S(=O)(=O)Cc2ccccc2F)CC1. The molecule has 1 unspecified atom stereocenters. The quantitative estimate of drug-likeness (QED) is 0.583. The van der Waals surface area contributed by atoms with Crippen molar-refractivity contribution >= 4 is 15.9 Å². The molecule has 3 rings (SSSR count). The molecule has 0 spiro atoms. The Labute approximate surface area is 186 Å². The van der Waals surface area contributed by atoms with Crippen LogP contribution in [0.25, 0.3) is 0 Å². The van der Waals surface area contributed by atoms with E-state index in [1.807, 2.05) is 0 Å². The molecule has 1 atom stereocenters. The highest BCUT2D eigenvalue weighted by Gasteiger charge is 2.31. The number of nitrogens with zero attached hydrogens (tertiary/aromatic N) is 2. The van der Waals surface area contributed by atoms with E-state index in [9.17, 15) is 17.6 Å². The molecule has 6 nitrogen and oxygen atoms in total. The minimum Gasteiger partial charge on any atom is -0.356 e. The highest BCUT2D eigenvalue weighted by atomic mass is 32.2. The Bertz CT molecular complexity index is 825. The van der Waals surface area contributed by atoms with Gasteiger partial charge in [0.2, 0.25) is 15.9 Å².